The Kier molecular flexibility index (Phi) is 4.04. The fraction of sp³-hybridized carbons (Fsp3) is 0.211. The van der Waals surface area contributed by atoms with Crippen molar-refractivity contribution in [1.82, 2.24) is 9.97 Å². The van der Waals surface area contributed by atoms with Crippen LogP contribution in [0, 0.1) is 13.8 Å². The number of imidazole rings is 1. The summed E-state index contributed by atoms with van der Waals surface area (Å²) < 4.78 is 0. The number of fused-ring (bicyclic) bond motifs is 1. The van der Waals surface area contributed by atoms with E-state index < -0.39 is 0 Å². The largest absolute Gasteiger partial charge is 0.340 e. The molecule has 0 aliphatic carbocycles. The van der Waals surface area contributed by atoms with Crippen LogP contribution in [-0.4, -0.2) is 9.97 Å². The van der Waals surface area contributed by atoms with Gasteiger partial charge >= 0.3 is 0 Å². The van der Waals surface area contributed by atoms with E-state index in [-0.39, 0.29) is 5.38 Å². The number of nitrogens with zero attached hydrogens (tertiary/aromatic N) is 1. The number of alkyl halides is 1. The highest BCUT2D eigenvalue weighted by Crippen LogP contribution is 2.27. The van der Waals surface area contributed by atoms with E-state index in [4.69, 9.17) is 11.6 Å². The molecule has 0 fully saturated rings. The van der Waals surface area contributed by atoms with Crippen LogP contribution in [0.3, 0.4) is 0 Å². The maximum atomic E-state index is 6.30. The minimum absolute atomic E-state index is 0.220. The summed E-state index contributed by atoms with van der Waals surface area (Å²) in [5.74, 6) is 0.785. The van der Waals surface area contributed by atoms with Gasteiger partial charge < -0.3 is 4.98 Å². The molecule has 2 nitrogen and oxygen atoms in total. The van der Waals surface area contributed by atoms with Crippen molar-refractivity contribution in [2.45, 2.75) is 26.1 Å². The molecule has 0 aliphatic heterocycles. The van der Waals surface area contributed by atoms with Crippen molar-refractivity contribution in [2.75, 3.05) is 0 Å². The number of allylic oxidation sites excluding steroid dienone is 2. The summed E-state index contributed by atoms with van der Waals surface area (Å²) >= 11 is 6.30. The number of aryl methyl sites for hydroxylation is 2. The van der Waals surface area contributed by atoms with Gasteiger partial charge in [-0.2, -0.15) is 0 Å². The van der Waals surface area contributed by atoms with Gasteiger partial charge in [0.2, 0.25) is 0 Å². The first kappa shape index (κ1) is 14.9. The maximum absolute atomic E-state index is 6.30. The quantitative estimate of drug-likeness (QED) is 0.487. The number of halogens is 1. The molecule has 22 heavy (non-hydrogen) atoms. The molecule has 0 radical (unpaired) electrons. The monoisotopic (exact) mass is 310 g/mol. The molecule has 3 rings (SSSR count). The zero-order valence-electron chi connectivity index (χ0n) is 13.0. The summed E-state index contributed by atoms with van der Waals surface area (Å²) in [6.07, 6.45) is 3.86. The van der Waals surface area contributed by atoms with Gasteiger partial charge in [0, 0.05) is 0 Å². The van der Waals surface area contributed by atoms with E-state index in [1.807, 2.05) is 25.1 Å². The minimum Gasteiger partial charge on any atom is -0.340 e. The van der Waals surface area contributed by atoms with Crippen molar-refractivity contribution in [3.05, 3.63) is 65.5 Å². The van der Waals surface area contributed by atoms with Crippen molar-refractivity contribution in [1.29, 1.82) is 0 Å². The van der Waals surface area contributed by atoms with Crippen LogP contribution in [0.4, 0.5) is 0 Å². The first-order valence-corrected chi connectivity index (χ1v) is 7.85. The lowest BCUT2D eigenvalue weighted by atomic mass is 10.0. The second kappa shape index (κ2) is 5.98. The molecular formula is C19H19ClN2. The lowest BCUT2D eigenvalue weighted by Gasteiger charge is -2.05. The normalized spacial score (nSPS) is 13.1. The number of hydrogen-bond acceptors (Lipinski definition) is 1. The summed E-state index contributed by atoms with van der Waals surface area (Å²) in [5, 5.41) is -0.220. The SMILES string of the molecule is CC=CC(Cl)c1nc2ccc(-c3cc(C)cc(C)c3)cc2[nH]1. The van der Waals surface area contributed by atoms with E-state index in [1.165, 1.54) is 22.3 Å². The van der Waals surface area contributed by atoms with Gasteiger partial charge in [0.15, 0.2) is 0 Å². The molecule has 1 unspecified atom stereocenters. The first-order chi connectivity index (χ1) is 10.6. The molecule has 0 saturated heterocycles. The van der Waals surface area contributed by atoms with Gasteiger partial charge in [-0.25, -0.2) is 4.98 Å². The van der Waals surface area contributed by atoms with Crippen molar-refractivity contribution in [3.63, 3.8) is 0 Å². The summed E-state index contributed by atoms with van der Waals surface area (Å²) in [6, 6.07) is 12.9. The first-order valence-electron chi connectivity index (χ1n) is 7.42. The maximum Gasteiger partial charge on any atom is 0.129 e. The molecule has 0 saturated carbocycles. The van der Waals surface area contributed by atoms with Crippen molar-refractivity contribution >= 4 is 22.6 Å². The molecule has 1 atom stereocenters. The van der Waals surface area contributed by atoms with Gasteiger partial charge in [0.1, 0.15) is 11.2 Å². The molecule has 0 spiro atoms. The predicted octanol–water partition coefficient (Wildman–Crippen LogP) is 5.70. The number of hydrogen-bond donors (Lipinski definition) is 1. The molecule has 0 aliphatic rings. The Morgan fingerprint density at radius 1 is 1.05 bits per heavy atom. The van der Waals surface area contributed by atoms with E-state index in [0.29, 0.717) is 0 Å². The van der Waals surface area contributed by atoms with Crippen molar-refractivity contribution in [2.24, 2.45) is 0 Å². The summed E-state index contributed by atoms with van der Waals surface area (Å²) in [5.41, 5.74) is 6.92. The topological polar surface area (TPSA) is 28.7 Å². The second-order valence-corrected chi connectivity index (χ2v) is 6.13. The van der Waals surface area contributed by atoms with Crippen molar-refractivity contribution in [3.8, 4) is 11.1 Å². The minimum atomic E-state index is -0.220. The second-order valence-electron chi connectivity index (χ2n) is 5.66. The van der Waals surface area contributed by atoms with Gasteiger partial charge in [-0.1, -0.05) is 47.5 Å². The number of H-pyrrole nitrogens is 1. The van der Waals surface area contributed by atoms with Crippen LogP contribution in [0.2, 0.25) is 0 Å². The van der Waals surface area contributed by atoms with Crippen LogP contribution in [0.25, 0.3) is 22.2 Å². The van der Waals surface area contributed by atoms with E-state index >= 15 is 0 Å². The van der Waals surface area contributed by atoms with Crippen LogP contribution >= 0.6 is 11.6 Å². The van der Waals surface area contributed by atoms with Gasteiger partial charge in [-0.3, -0.25) is 0 Å². The average molecular weight is 311 g/mol. The molecular weight excluding hydrogens is 292 g/mol. The Bertz CT molecular complexity index is 826. The van der Waals surface area contributed by atoms with Crippen LogP contribution in [0.1, 0.15) is 29.3 Å². The zero-order chi connectivity index (χ0) is 15.7. The molecule has 3 aromatic rings. The predicted molar refractivity (Wildman–Crippen MR) is 94.4 cm³/mol. The van der Waals surface area contributed by atoms with E-state index in [1.54, 1.807) is 0 Å². The number of aromatic nitrogens is 2. The summed E-state index contributed by atoms with van der Waals surface area (Å²) in [4.78, 5) is 7.89. The Hall–Kier alpha value is -2.06. The molecule has 1 aromatic heterocycles. The van der Waals surface area contributed by atoms with Gasteiger partial charge in [-0.05, 0) is 44.0 Å². The smallest absolute Gasteiger partial charge is 0.129 e. The lowest BCUT2D eigenvalue weighted by molar-refractivity contribution is 1.04. The Labute approximate surface area is 135 Å². The molecule has 1 heterocycles. The van der Waals surface area contributed by atoms with Gasteiger partial charge in [0.25, 0.3) is 0 Å². The Balaban J connectivity index is 2.05. The molecule has 0 amide bonds. The third kappa shape index (κ3) is 2.93. The van der Waals surface area contributed by atoms with E-state index in [9.17, 15) is 0 Å². The summed E-state index contributed by atoms with van der Waals surface area (Å²) in [7, 11) is 0. The highest BCUT2D eigenvalue weighted by Gasteiger charge is 2.10. The molecule has 0 bridgehead atoms. The van der Waals surface area contributed by atoms with E-state index in [2.05, 4.69) is 54.1 Å². The van der Waals surface area contributed by atoms with Crippen LogP contribution in [0.5, 0.6) is 0 Å². The lowest BCUT2D eigenvalue weighted by Crippen LogP contribution is -1.87. The standard InChI is InChI=1S/C19H19ClN2/c1-4-5-16(20)19-21-17-7-6-14(11-18(17)22-19)15-9-12(2)8-13(3)10-15/h4-11,16H,1-3H3,(H,21,22). The third-order valence-corrected chi connectivity index (χ3v) is 4.03. The summed E-state index contributed by atoms with van der Waals surface area (Å²) in [6.45, 7) is 6.20. The highest BCUT2D eigenvalue weighted by molar-refractivity contribution is 6.21. The number of nitrogens with one attached hydrogen (secondary N) is 1. The number of aromatic amines is 1. The number of rotatable bonds is 3. The van der Waals surface area contributed by atoms with Gasteiger partial charge in [0.05, 0.1) is 11.0 Å². The number of benzene rings is 2. The Morgan fingerprint density at radius 3 is 2.45 bits per heavy atom. The van der Waals surface area contributed by atoms with Crippen molar-refractivity contribution < 1.29 is 0 Å². The molecule has 3 heteroatoms. The molecule has 1 N–H and O–H groups in total. The van der Waals surface area contributed by atoms with Crippen LogP contribution < -0.4 is 0 Å². The Morgan fingerprint density at radius 2 is 1.77 bits per heavy atom. The zero-order valence-corrected chi connectivity index (χ0v) is 13.8. The van der Waals surface area contributed by atoms with Gasteiger partial charge in [-0.15, -0.1) is 11.6 Å². The third-order valence-electron chi connectivity index (χ3n) is 3.68. The fourth-order valence-electron chi connectivity index (χ4n) is 2.74. The fourth-order valence-corrected chi connectivity index (χ4v) is 2.99. The molecule has 2 aromatic carbocycles. The van der Waals surface area contributed by atoms with E-state index in [0.717, 1.165) is 16.9 Å². The average Bonchev–Trinajstić information content (AvgIpc) is 2.89. The van der Waals surface area contributed by atoms with Crippen LogP contribution in [0.15, 0.2) is 48.6 Å². The molecule has 112 valence electrons. The highest BCUT2D eigenvalue weighted by atomic mass is 35.5. The van der Waals surface area contributed by atoms with Crippen LogP contribution in [-0.2, 0) is 0 Å².